The molecule has 1 unspecified atom stereocenters. The van der Waals surface area contributed by atoms with Crippen LogP contribution in [0.4, 0.5) is 0 Å². The van der Waals surface area contributed by atoms with E-state index in [1.807, 2.05) is 6.92 Å². The van der Waals surface area contributed by atoms with Gasteiger partial charge in [-0.3, -0.25) is 0 Å². The molecule has 0 aromatic carbocycles. The highest BCUT2D eigenvalue weighted by atomic mass is 16.4. The number of aliphatic hydroxyl groups excluding tert-OH is 4. The standard InChI is InChI=1S/C10H19NO4/c1-2-3-11-7-4-6(5-12)8(13)10(15)9(7)14/h4,7-15H,2-3,5H2,1H3/t7-,8+,9-,10?/m0/s1. The summed E-state index contributed by atoms with van der Waals surface area (Å²) in [5.41, 5.74) is 0.349. The van der Waals surface area contributed by atoms with E-state index in [1.165, 1.54) is 0 Å². The van der Waals surface area contributed by atoms with Crippen molar-refractivity contribution in [3.63, 3.8) is 0 Å². The van der Waals surface area contributed by atoms with Gasteiger partial charge < -0.3 is 25.7 Å². The number of hydrogen-bond donors (Lipinski definition) is 5. The van der Waals surface area contributed by atoms with Gasteiger partial charge in [0, 0.05) is 0 Å². The number of hydrogen-bond acceptors (Lipinski definition) is 5. The minimum absolute atomic E-state index is 0.310. The topological polar surface area (TPSA) is 93.0 Å². The summed E-state index contributed by atoms with van der Waals surface area (Å²) in [4.78, 5) is 0. The third-order valence-corrected chi connectivity index (χ3v) is 2.63. The molecule has 1 aliphatic rings. The highest BCUT2D eigenvalue weighted by Gasteiger charge is 2.36. The lowest BCUT2D eigenvalue weighted by molar-refractivity contribution is -0.0640. The Bertz CT molecular complexity index is 231. The summed E-state index contributed by atoms with van der Waals surface area (Å²) >= 11 is 0. The van der Waals surface area contributed by atoms with Crippen LogP contribution in [0, 0.1) is 0 Å². The molecule has 1 rings (SSSR count). The summed E-state index contributed by atoms with van der Waals surface area (Å²) in [5, 5.41) is 40.6. The summed E-state index contributed by atoms with van der Waals surface area (Å²) < 4.78 is 0. The predicted molar refractivity (Wildman–Crippen MR) is 55.3 cm³/mol. The molecular weight excluding hydrogens is 198 g/mol. The van der Waals surface area contributed by atoms with Gasteiger partial charge in [-0.05, 0) is 18.5 Å². The summed E-state index contributed by atoms with van der Waals surface area (Å²) in [6.07, 6.45) is -0.972. The molecule has 0 aromatic rings. The fourth-order valence-electron chi connectivity index (χ4n) is 1.68. The minimum Gasteiger partial charge on any atom is -0.392 e. The van der Waals surface area contributed by atoms with Crippen molar-refractivity contribution in [3.8, 4) is 0 Å². The van der Waals surface area contributed by atoms with E-state index in [9.17, 15) is 15.3 Å². The Balaban J connectivity index is 2.73. The molecule has 88 valence electrons. The van der Waals surface area contributed by atoms with Crippen molar-refractivity contribution in [3.05, 3.63) is 11.6 Å². The van der Waals surface area contributed by atoms with Crippen molar-refractivity contribution in [1.82, 2.24) is 5.32 Å². The monoisotopic (exact) mass is 217 g/mol. The van der Waals surface area contributed by atoms with Crippen molar-refractivity contribution in [2.45, 2.75) is 37.7 Å². The van der Waals surface area contributed by atoms with Crippen LogP contribution < -0.4 is 5.32 Å². The van der Waals surface area contributed by atoms with Crippen LogP contribution in [0.3, 0.4) is 0 Å². The quantitative estimate of drug-likeness (QED) is 0.365. The molecular formula is C10H19NO4. The third kappa shape index (κ3) is 2.76. The molecule has 0 aliphatic heterocycles. The zero-order valence-electron chi connectivity index (χ0n) is 8.80. The Morgan fingerprint density at radius 3 is 2.47 bits per heavy atom. The van der Waals surface area contributed by atoms with Crippen LogP contribution in [-0.2, 0) is 0 Å². The average Bonchev–Trinajstić information content (AvgIpc) is 2.25. The molecule has 0 radical (unpaired) electrons. The van der Waals surface area contributed by atoms with Gasteiger partial charge in [0.25, 0.3) is 0 Å². The van der Waals surface area contributed by atoms with E-state index in [4.69, 9.17) is 5.11 Å². The Morgan fingerprint density at radius 2 is 1.93 bits per heavy atom. The van der Waals surface area contributed by atoms with Gasteiger partial charge >= 0.3 is 0 Å². The van der Waals surface area contributed by atoms with Crippen LogP contribution in [-0.4, -0.2) is 57.9 Å². The molecule has 5 nitrogen and oxygen atoms in total. The van der Waals surface area contributed by atoms with Crippen molar-refractivity contribution >= 4 is 0 Å². The Labute approximate surface area is 89.1 Å². The van der Waals surface area contributed by atoms with Crippen molar-refractivity contribution in [2.75, 3.05) is 13.2 Å². The van der Waals surface area contributed by atoms with E-state index in [1.54, 1.807) is 6.08 Å². The van der Waals surface area contributed by atoms with Crippen LogP contribution in [0.2, 0.25) is 0 Å². The summed E-state index contributed by atoms with van der Waals surface area (Å²) in [5.74, 6) is 0. The molecule has 0 heterocycles. The molecule has 5 N–H and O–H groups in total. The number of nitrogens with one attached hydrogen (secondary N) is 1. The molecule has 0 saturated carbocycles. The Morgan fingerprint density at radius 1 is 1.27 bits per heavy atom. The third-order valence-electron chi connectivity index (χ3n) is 2.63. The molecule has 0 saturated heterocycles. The minimum atomic E-state index is -1.24. The Hall–Kier alpha value is -0.460. The highest BCUT2D eigenvalue weighted by Crippen LogP contribution is 2.19. The van der Waals surface area contributed by atoms with Crippen LogP contribution >= 0.6 is 0 Å². The van der Waals surface area contributed by atoms with E-state index in [0.717, 1.165) is 6.42 Å². The molecule has 0 amide bonds. The normalized spacial score (nSPS) is 36.5. The highest BCUT2D eigenvalue weighted by molar-refractivity contribution is 5.21. The first kappa shape index (κ1) is 12.6. The fraction of sp³-hybridized carbons (Fsp3) is 0.800. The second-order valence-electron chi connectivity index (χ2n) is 3.81. The average molecular weight is 217 g/mol. The van der Waals surface area contributed by atoms with Gasteiger partial charge in [-0.1, -0.05) is 13.0 Å². The number of aliphatic hydroxyl groups is 4. The van der Waals surface area contributed by atoms with Crippen molar-refractivity contribution < 1.29 is 20.4 Å². The number of rotatable bonds is 4. The maximum atomic E-state index is 9.65. The van der Waals surface area contributed by atoms with E-state index in [0.29, 0.717) is 12.1 Å². The lowest BCUT2D eigenvalue weighted by Gasteiger charge is -2.34. The zero-order chi connectivity index (χ0) is 11.4. The van der Waals surface area contributed by atoms with Crippen LogP contribution in [0.1, 0.15) is 13.3 Å². The van der Waals surface area contributed by atoms with Crippen molar-refractivity contribution in [1.29, 1.82) is 0 Å². The van der Waals surface area contributed by atoms with E-state index < -0.39 is 24.4 Å². The Kier molecular flexibility index (Phi) is 4.69. The van der Waals surface area contributed by atoms with Gasteiger partial charge in [0.15, 0.2) is 0 Å². The molecule has 0 bridgehead atoms. The molecule has 4 atom stereocenters. The maximum Gasteiger partial charge on any atom is 0.111 e. The van der Waals surface area contributed by atoms with E-state index >= 15 is 0 Å². The summed E-state index contributed by atoms with van der Waals surface area (Å²) in [6, 6.07) is -0.412. The van der Waals surface area contributed by atoms with Gasteiger partial charge in [0.05, 0.1) is 12.6 Å². The predicted octanol–water partition coefficient (Wildman–Crippen LogP) is -1.63. The molecule has 0 spiro atoms. The first-order valence-electron chi connectivity index (χ1n) is 5.20. The second-order valence-corrected chi connectivity index (χ2v) is 3.81. The van der Waals surface area contributed by atoms with Gasteiger partial charge in [0.2, 0.25) is 0 Å². The van der Waals surface area contributed by atoms with Crippen LogP contribution in [0.5, 0.6) is 0 Å². The molecule has 15 heavy (non-hydrogen) atoms. The first-order chi connectivity index (χ1) is 7.11. The summed E-state index contributed by atoms with van der Waals surface area (Å²) in [7, 11) is 0. The maximum absolute atomic E-state index is 9.65. The molecule has 5 heteroatoms. The van der Waals surface area contributed by atoms with Crippen LogP contribution in [0.15, 0.2) is 11.6 Å². The largest absolute Gasteiger partial charge is 0.392 e. The van der Waals surface area contributed by atoms with E-state index in [-0.39, 0.29) is 6.61 Å². The van der Waals surface area contributed by atoms with Crippen molar-refractivity contribution in [2.24, 2.45) is 0 Å². The van der Waals surface area contributed by atoms with Gasteiger partial charge in [-0.25, -0.2) is 0 Å². The first-order valence-corrected chi connectivity index (χ1v) is 5.20. The zero-order valence-corrected chi connectivity index (χ0v) is 8.80. The van der Waals surface area contributed by atoms with Gasteiger partial charge in [-0.15, -0.1) is 0 Å². The second kappa shape index (κ2) is 5.58. The van der Waals surface area contributed by atoms with E-state index in [2.05, 4.69) is 5.32 Å². The lowest BCUT2D eigenvalue weighted by Crippen LogP contribution is -2.54. The van der Waals surface area contributed by atoms with Gasteiger partial charge in [0.1, 0.15) is 18.3 Å². The fourth-order valence-corrected chi connectivity index (χ4v) is 1.68. The molecule has 1 aliphatic carbocycles. The lowest BCUT2D eigenvalue weighted by atomic mass is 9.88. The molecule has 0 fully saturated rings. The van der Waals surface area contributed by atoms with Crippen LogP contribution in [0.25, 0.3) is 0 Å². The van der Waals surface area contributed by atoms with Gasteiger partial charge in [-0.2, -0.15) is 0 Å². The summed E-state index contributed by atoms with van der Waals surface area (Å²) in [6.45, 7) is 2.39. The molecule has 0 aromatic heterocycles. The SMILES string of the molecule is CCCN[C@H]1C=C(CO)[C@@H](O)C(O)[C@H]1O. The smallest absolute Gasteiger partial charge is 0.111 e.